The minimum atomic E-state index is -0.0857. The van der Waals surface area contributed by atoms with E-state index in [9.17, 15) is 4.79 Å². The first kappa shape index (κ1) is 11.5. The lowest BCUT2D eigenvalue weighted by atomic mass is 9.94. The minimum absolute atomic E-state index is 0.0857. The maximum atomic E-state index is 11.1. The van der Waals surface area contributed by atoms with E-state index >= 15 is 0 Å². The molecule has 1 fully saturated rings. The molecule has 14 heavy (non-hydrogen) atoms. The molecule has 0 bridgehead atoms. The van der Waals surface area contributed by atoms with Crippen LogP contribution in [0.3, 0.4) is 0 Å². The topological polar surface area (TPSA) is 58.4 Å². The van der Waals surface area contributed by atoms with Crippen LogP contribution in [0.4, 0.5) is 0 Å². The number of carbonyl (C=O) groups excluding carboxylic acids is 1. The van der Waals surface area contributed by atoms with Crippen LogP contribution in [-0.4, -0.2) is 29.9 Å². The lowest BCUT2D eigenvalue weighted by molar-refractivity contribution is -0.123. The predicted octanol–water partition coefficient (Wildman–Crippen LogP) is 0.631. The van der Waals surface area contributed by atoms with Crippen molar-refractivity contribution in [1.82, 2.24) is 10.3 Å². The molecule has 1 aliphatic carbocycles. The van der Waals surface area contributed by atoms with Gasteiger partial charge in [-0.2, -0.15) is 0 Å². The molecule has 0 aromatic rings. The molecule has 4 nitrogen and oxygen atoms in total. The quantitative estimate of drug-likeness (QED) is 0.397. The molecule has 1 rings (SSSR count). The second kappa shape index (κ2) is 5.98. The van der Waals surface area contributed by atoms with E-state index in [1.165, 1.54) is 32.1 Å². The molecule has 1 amide bonds. The Morgan fingerprint density at radius 3 is 2.57 bits per heavy atom. The molecule has 0 heterocycles. The Kier molecular flexibility index (Phi) is 4.90. The van der Waals surface area contributed by atoms with Crippen molar-refractivity contribution in [3.63, 3.8) is 0 Å². The summed E-state index contributed by atoms with van der Waals surface area (Å²) in [6.07, 6.45) is 6.39. The van der Waals surface area contributed by atoms with Crippen LogP contribution in [-0.2, 0) is 4.79 Å². The smallest absolute Gasteiger partial charge is 0.248 e. The van der Waals surface area contributed by atoms with Gasteiger partial charge in [0.2, 0.25) is 5.91 Å². The molecule has 0 unspecified atom stereocenters. The van der Waals surface area contributed by atoms with E-state index < -0.39 is 0 Å². The molecule has 0 spiro atoms. The summed E-state index contributed by atoms with van der Waals surface area (Å²) in [7, 11) is 0. The van der Waals surface area contributed by atoms with Gasteiger partial charge in [0.05, 0.1) is 6.54 Å². The molecule has 0 radical (unpaired) electrons. The Morgan fingerprint density at radius 1 is 1.43 bits per heavy atom. The number of nitrogens with one attached hydrogen (secondary N) is 1. The molecule has 0 saturated heterocycles. The number of likely N-dealkylation sites (N-methyl/N-ethyl adjacent to an activating group) is 1. The second-order valence-electron chi connectivity index (χ2n) is 3.92. The largest absolute Gasteiger partial charge is 0.293 e. The van der Waals surface area contributed by atoms with Crippen molar-refractivity contribution in [3.8, 4) is 0 Å². The van der Waals surface area contributed by atoms with E-state index in [0.717, 1.165) is 6.54 Å². The van der Waals surface area contributed by atoms with Gasteiger partial charge in [-0.25, -0.2) is 5.84 Å². The number of rotatable bonds is 4. The fourth-order valence-corrected chi connectivity index (χ4v) is 2.18. The van der Waals surface area contributed by atoms with Crippen LogP contribution in [0.1, 0.15) is 39.0 Å². The average Bonchev–Trinajstić information content (AvgIpc) is 2.26. The summed E-state index contributed by atoms with van der Waals surface area (Å²) in [6.45, 7) is 3.47. The van der Waals surface area contributed by atoms with E-state index in [2.05, 4.69) is 17.2 Å². The molecule has 82 valence electrons. The highest BCUT2D eigenvalue weighted by Gasteiger charge is 2.21. The molecular weight excluding hydrogens is 178 g/mol. The number of nitrogens with two attached hydrogens (primary N) is 1. The first-order chi connectivity index (χ1) is 6.77. The third kappa shape index (κ3) is 3.27. The molecule has 0 aromatic heterocycles. The summed E-state index contributed by atoms with van der Waals surface area (Å²) in [5.41, 5.74) is 2.19. The van der Waals surface area contributed by atoms with Crippen molar-refractivity contribution in [3.05, 3.63) is 0 Å². The molecule has 0 atom stereocenters. The first-order valence-corrected chi connectivity index (χ1v) is 5.51. The van der Waals surface area contributed by atoms with Crippen molar-refractivity contribution in [1.29, 1.82) is 0 Å². The molecule has 1 saturated carbocycles. The molecule has 3 N–H and O–H groups in total. The van der Waals surface area contributed by atoms with Gasteiger partial charge in [-0.3, -0.25) is 15.1 Å². The zero-order chi connectivity index (χ0) is 10.4. The zero-order valence-corrected chi connectivity index (χ0v) is 8.96. The van der Waals surface area contributed by atoms with E-state index in [0.29, 0.717) is 12.6 Å². The van der Waals surface area contributed by atoms with Gasteiger partial charge < -0.3 is 0 Å². The van der Waals surface area contributed by atoms with E-state index in [1.807, 2.05) is 0 Å². The van der Waals surface area contributed by atoms with E-state index in [4.69, 9.17) is 5.84 Å². The van der Waals surface area contributed by atoms with Crippen molar-refractivity contribution in [2.75, 3.05) is 13.1 Å². The van der Waals surface area contributed by atoms with E-state index in [-0.39, 0.29) is 5.91 Å². The molecule has 4 heteroatoms. The van der Waals surface area contributed by atoms with Gasteiger partial charge in [0.25, 0.3) is 0 Å². The Hall–Kier alpha value is -0.610. The van der Waals surface area contributed by atoms with Gasteiger partial charge in [0, 0.05) is 6.04 Å². The maximum absolute atomic E-state index is 11.1. The first-order valence-electron chi connectivity index (χ1n) is 5.51. The van der Waals surface area contributed by atoms with Gasteiger partial charge in [0.15, 0.2) is 0 Å². The molecule has 0 aromatic carbocycles. The normalized spacial score (nSPS) is 18.5. The summed E-state index contributed by atoms with van der Waals surface area (Å²) in [4.78, 5) is 13.4. The summed E-state index contributed by atoms with van der Waals surface area (Å²) < 4.78 is 0. The van der Waals surface area contributed by atoms with Crippen LogP contribution < -0.4 is 11.3 Å². The highest BCUT2D eigenvalue weighted by atomic mass is 16.2. The van der Waals surface area contributed by atoms with Crippen molar-refractivity contribution >= 4 is 5.91 Å². The Morgan fingerprint density at radius 2 is 2.07 bits per heavy atom. The third-order valence-electron chi connectivity index (χ3n) is 3.00. The maximum Gasteiger partial charge on any atom is 0.248 e. The van der Waals surface area contributed by atoms with Gasteiger partial charge >= 0.3 is 0 Å². The number of nitrogens with zero attached hydrogens (tertiary/aromatic N) is 1. The summed E-state index contributed by atoms with van der Waals surface area (Å²) in [5, 5.41) is 0. The second-order valence-corrected chi connectivity index (χ2v) is 3.92. The van der Waals surface area contributed by atoms with Gasteiger partial charge in [-0.05, 0) is 19.4 Å². The minimum Gasteiger partial charge on any atom is -0.293 e. The molecular formula is C10H21N3O. The predicted molar refractivity (Wildman–Crippen MR) is 56.5 cm³/mol. The fourth-order valence-electron chi connectivity index (χ4n) is 2.18. The Bertz CT molecular complexity index is 178. The lowest BCUT2D eigenvalue weighted by Crippen LogP contribution is -2.45. The molecule has 0 aliphatic heterocycles. The number of hydrogen-bond acceptors (Lipinski definition) is 3. The van der Waals surface area contributed by atoms with Gasteiger partial charge in [-0.1, -0.05) is 26.2 Å². The summed E-state index contributed by atoms with van der Waals surface area (Å²) >= 11 is 0. The number of hydrogen-bond donors (Lipinski definition) is 2. The lowest BCUT2D eigenvalue weighted by Gasteiger charge is -2.32. The standard InChI is InChI=1S/C10H21N3O/c1-2-13(8-10(14)12-11)9-6-4-3-5-7-9/h9H,2-8,11H2,1H3,(H,12,14). The Balaban J connectivity index is 2.39. The van der Waals surface area contributed by atoms with Gasteiger partial charge in [-0.15, -0.1) is 0 Å². The Labute approximate surface area is 85.8 Å². The monoisotopic (exact) mass is 199 g/mol. The van der Waals surface area contributed by atoms with Crippen molar-refractivity contribution in [2.45, 2.75) is 45.1 Å². The third-order valence-corrected chi connectivity index (χ3v) is 3.00. The van der Waals surface area contributed by atoms with E-state index in [1.54, 1.807) is 0 Å². The highest BCUT2D eigenvalue weighted by Crippen LogP contribution is 2.21. The van der Waals surface area contributed by atoms with Crippen molar-refractivity contribution in [2.24, 2.45) is 5.84 Å². The van der Waals surface area contributed by atoms with Crippen LogP contribution in [0.15, 0.2) is 0 Å². The SMILES string of the molecule is CCN(CC(=O)NN)C1CCCCC1. The van der Waals surface area contributed by atoms with Crippen LogP contribution in [0.2, 0.25) is 0 Å². The van der Waals surface area contributed by atoms with Crippen LogP contribution in [0.25, 0.3) is 0 Å². The number of hydrazine groups is 1. The van der Waals surface area contributed by atoms with Crippen molar-refractivity contribution < 1.29 is 4.79 Å². The summed E-state index contributed by atoms with van der Waals surface area (Å²) in [5.74, 6) is 4.99. The van der Waals surface area contributed by atoms with Crippen LogP contribution in [0.5, 0.6) is 0 Å². The number of carbonyl (C=O) groups is 1. The van der Waals surface area contributed by atoms with Crippen LogP contribution >= 0.6 is 0 Å². The number of amides is 1. The fraction of sp³-hybridized carbons (Fsp3) is 0.900. The summed E-state index contributed by atoms with van der Waals surface area (Å²) in [6, 6.07) is 0.589. The van der Waals surface area contributed by atoms with Gasteiger partial charge in [0.1, 0.15) is 0 Å². The highest BCUT2D eigenvalue weighted by molar-refractivity contribution is 5.77. The molecule has 1 aliphatic rings. The zero-order valence-electron chi connectivity index (χ0n) is 8.96. The van der Waals surface area contributed by atoms with Crippen LogP contribution in [0, 0.1) is 0 Å². The average molecular weight is 199 g/mol.